The molecule has 0 spiro atoms. The number of fused-ring (bicyclic) bond motifs is 1. The van der Waals surface area contributed by atoms with Crippen molar-refractivity contribution in [3.05, 3.63) is 91.9 Å². The fraction of sp³-hybridized carbons (Fsp3) is 0.276. The number of nitro groups is 1. The summed E-state index contributed by atoms with van der Waals surface area (Å²) >= 11 is 2.45. The molecule has 1 aliphatic rings. The number of non-ortho nitro benzene ring substituents is 1. The van der Waals surface area contributed by atoms with Crippen LogP contribution in [0.15, 0.2) is 53.7 Å². The maximum Gasteiger partial charge on any atom is 0.341 e. The summed E-state index contributed by atoms with van der Waals surface area (Å²) in [6, 6.07) is 10.9. The van der Waals surface area contributed by atoms with Crippen LogP contribution in [0.25, 0.3) is 5.69 Å². The zero-order valence-corrected chi connectivity index (χ0v) is 25.1. The van der Waals surface area contributed by atoms with Crippen molar-refractivity contribution in [2.75, 3.05) is 17.7 Å². The third kappa shape index (κ3) is 6.94. The van der Waals surface area contributed by atoms with Gasteiger partial charge in [0, 0.05) is 28.3 Å². The molecule has 1 aliphatic carbocycles. The van der Waals surface area contributed by atoms with Crippen molar-refractivity contribution in [2.24, 2.45) is 0 Å². The number of nitro benzene ring substituents is 1. The Balaban J connectivity index is 1.35. The van der Waals surface area contributed by atoms with E-state index in [2.05, 4.69) is 20.8 Å². The molecule has 2 aromatic carbocycles. The minimum Gasteiger partial charge on any atom is -0.462 e. The molecule has 0 fully saturated rings. The SMILES string of the molecule is CCOC(=O)c1c(NC(=O)CSc2nnc(CNC(=O)c3cccc(F)c3)n2-c2ccc([N+](=O)[O-])cc2)sc2c1CCCC2. The maximum atomic E-state index is 13.6. The average Bonchev–Trinajstić information content (AvgIpc) is 3.59. The second-order valence-electron chi connectivity index (χ2n) is 9.67. The van der Waals surface area contributed by atoms with Gasteiger partial charge in [-0.15, -0.1) is 21.5 Å². The summed E-state index contributed by atoms with van der Waals surface area (Å²) in [6.07, 6.45) is 3.57. The number of thioether (sulfide) groups is 1. The summed E-state index contributed by atoms with van der Waals surface area (Å²) in [5.74, 6) is -1.74. The van der Waals surface area contributed by atoms with E-state index in [0.717, 1.165) is 54.0 Å². The molecule has 0 saturated heterocycles. The number of hydrogen-bond acceptors (Lipinski definition) is 10. The first-order valence-corrected chi connectivity index (χ1v) is 15.5. The molecule has 0 saturated carbocycles. The highest BCUT2D eigenvalue weighted by molar-refractivity contribution is 7.99. The Hall–Kier alpha value is -4.63. The molecule has 0 bridgehead atoms. The van der Waals surface area contributed by atoms with Gasteiger partial charge in [-0.1, -0.05) is 17.8 Å². The molecular weight excluding hydrogens is 611 g/mol. The van der Waals surface area contributed by atoms with Crippen LogP contribution in [0.5, 0.6) is 0 Å². The number of rotatable bonds is 11. The molecule has 2 aromatic heterocycles. The summed E-state index contributed by atoms with van der Waals surface area (Å²) in [5.41, 5.74) is 1.82. The van der Waals surface area contributed by atoms with Crippen molar-refractivity contribution in [3.63, 3.8) is 0 Å². The molecule has 2 N–H and O–H groups in total. The van der Waals surface area contributed by atoms with Crippen LogP contribution in [-0.4, -0.2) is 49.8 Å². The minimum absolute atomic E-state index is 0.0917. The summed E-state index contributed by atoms with van der Waals surface area (Å²) in [6.45, 7) is 1.85. The van der Waals surface area contributed by atoms with Crippen LogP contribution < -0.4 is 10.6 Å². The lowest BCUT2D eigenvalue weighted by molar-refractivity contribution is -0.384. The predicted molar refractivity (Wildman–Crippen MR) is 162 cm³/mol. The van der Waals surface area contributed by atoms with Crippen molar-refractivity contribution in [2.45, 2.75) is 44.3 Å². The standard InChI is InChI=1S/C29H27FN6O6S2/c1-2-42-28(39)25-21-8-3-4-9-22(21)44-27(25)32-24(37)16-43-29-34-33-23(15-31-26(38)17-6-5-7-18(30)14-17)35(29)19-10-12-20(13-11-19)36(40)41/h5-7,10-14H,2-4,8-9,15-16H2,1H3,(H,31,38)(H,32,37). The van der Waals surface area contributed by atoms with Gasteiger partial charge in [-0.2, -0.15) is 0 Å². The quantitative estimate of drug-likeness (QED) is 0.0988. The van der Waals surface area contributed by atoms with Crippen LogP contribution in [0.3, 0.4) is 0 Å². The minimum atomic E-state index is -0.555. The number of nitrogens with one attached hydrogen (secondary N) is 2. The number of nitrogens with zero attached hydrogens (tertiary/aromatic N) is 4. The van der Waals surface area contributed by atoms with E-state index in [9.17, 15) is 28.9 Å². The molecule has 0 radical (unpaired) electrons. The van der Waals surface area contributed by atoms with E-state index in [1.807, 2.05) is 0 Å². The third-order valence-corrected chi connectivity index (χ3v) is 8.89. The molecule has 0 unspecified atom stereocenters. The number of esters is 1. The Morgan fingerprint density at radius 1 is 1.14 bits per heavy atom. The number of carbonyl (C=O) groups excluding carboxylic acids is 3. The van der Waals surface area contributed by atoms with Crippen LogP contribution in [0.4, 0.5) is 15.1 Å². The molecule has 12 nitrogen and oxygen atoms in total. The predicted octanol–water partition coefficient (Wildman–Crippen LogP) is 5.09. The van der Waals surface area contributed by atoms with Crippen LogP contribution in [0, 0.1) is 15.9 Å². The number of aromatic nitrogens is 3. The number of thiophene rings is 1. The Morgan fingerprint density at radius 2 is 1.91 bits per heavy atom. The molecule has 15 heteroatoms. The Morgan fingerprint density at radius 3 is 2.64 bits per heavy atom. The summed E-state index contributed by atoms with van der Waals surface area (Å²) < 4.78 is 20.4. The first-order valence-electron chi connectivity index (χ1n) is 13.7. The Labute approximate surface area is 259 Å². The normalized spacial score (nSPS) is 12.3. The van der Waals surface area contributed by atoms with E-state index in [1.54, 1.807) is 11.5 Å². The van der Waals surface area contributed by atoms with Crippen molar-refractivity contribution in [1.82, 2.24) is 20.1 Å². The van der Waals surface area contributed by atoms with Gasteiger partial charge in [0.15, 0.2) is 11.0 Å². The number of amides is 2. The van der Waals surface area contributed by atoms with Crippen LogP contribution in [0.1, 0.15) is 56.7 Å². The van der Waals surface area contributed by atoms with Crippen molar-refractivity contribution in [1.29, 1.82) is 0 Å². The number of anilines is 1. The lowest BCUT2D eigenvalue weighted by atomic mass is 9.95. The number of halogens is 1. The first-order chi connectivity index (χ1) is 21.2. The first kappa shape index (κ1) is 30.8. The van der Waals surface area contributed by atoms with Crippen LogP contribution >= 0.6 is 23.1 Å². The fourth-order valence-electron chi connectivity index (χ4n) is 4.75. The van der Waals surface area contributed by atoms with Crippen LogP contribution in [-0.2, 0) is 28.9 Å². The van der Waals surface area contributed by atoms with E-state index < -0.39 is 22.6 Å². The van der Waals surface area contributed by atoms with Gasteiger partial charge in [-0.3, -0.25) is 24.3 Å². The Kier molecular flexibility index (Phi) is 9.65. The third-order valence-electron chi connectivity index (χ3n) is 6.75. The smallest absolute Gasteiger partial charge is 0.341 e. The second kappa shape index (κ2) is 13.8. The number of benzene rings is 2. The highest BCUT2D eigenvalue weighted by Gasteiger charge is 2.27. The molecule has 0 atom stereocenters. The molecular formula is C29H27FN6O6S2. The van der Waals surface area contributed by atoms with E-state index in [1.165, 1.54) is 53.8 Å². The van der Waals surface area contributed by atoms with Gasteiger partial charge in [-0.05, 0) is 68.5 Å². The Bertz CT molecular complexity index is 1720. The molecule has 228 valence electrons. The molecule has 2 heterocycles. The van der Waals surface area contributed by atoms with E-state index in [4.69, 9.17) is 4.74 Å². The van der Waals surface area contributed by atoms with E-state index in [-0.39, 0.29) is 41.9 Å². The topological polar surface area (TPSA) is 158 Å². The largest absolute Gasteiger partial charge is 0.462 e. The zero-order valence-electron chi connectivity index (χ0n) is 23.5. The van der Waals surface area contributed by atoms with Crippen molar-refractivity contribution >= 4 is 51.6 Å². The number of carbonyl (C=O) groups is 3. The van der Waals surface area contributed by atoms with Gasteiger partial charge in [0.1, 0.15) is 10.8 Å². The maximum absolute atomic E-state index is 13.6. The lowest BCUT2D eigenvalue weighted by Crippen LogP contribution is -2.24. The highest BCUT2D eigenvalue weighted by Crippen LogP contribution is 2.39. The van der Waals surface area contributed by atoms with Gasteiger partial charge < -0.3 is 15.4 Å². The number of ether oxygens (including phenoxy) is 1. The summed E-state index contributed by atoms with van der Waals surface area (Å²) in [4.78, 5) is 50.2. The van der Waals surface area contributed by atoms with Crippen molar-refractivity contribution < 1.29 is 28.4 Å². The van der Waals surface area contributed by atoms with Gasteiger partial charge in [0.25, 0.3) is 11.6 Å². The fourth-order valence-corrected chi connectivity index (χ4v) is 6.81. The number of aryl methyl sites for hydroxylation is 1. The van der Waals surface area contributed by atoms with Crippen LogP contribution in [0.2, 0.25) is 0 Å². The van der Waals surface area contributed by atoms with E-state index >= 15 is 0 Å². The summed E-state index contributed by atoms with van der Waals surface area (Å²) in [5, 5.41) is 25.8. The number of hydrogen-bond donors (Lipinski definition) is 2. The molecule has 2 amide bonds. The van der Waals surface area contributed by atoms with Gasteiger partial charge in [0.2, 0.25) is 5.91 Å². The van der Waals surface area contributed by atoms with Gasteiger partial charge >= 0.3 is 5.97 Å². The lowest BCUT2D eigenvalue weighted by Gasteiger charge is -2.12. The molecule has 5 rings (SSSR count). The molecule has 0 aliphatic heterocycles. The van der Waals surface area contributed by atoms with Gasteiger partial charge in [0.05, 0.1) is 29.4 Å². The average molecular weight is 639 g/mol. The highest BCUT2D eigenvalue weighted by atomic mass is 32.2. The second-order valence-corrected chi connectivity index (χ2v) is 11.7. The monoisotopic (exact) mass is 638 g/mol. The zero-order chi connectivity index (χ0) is 31.2. The molecule has 4 aromatic rings. The molecule has 44 heavy (non-hydrogen) atoms. The van der Waals surface area contributed by atoms with Gasteiger partial charge in [-0.25, -0.2) is 9.18 Å². The van der Waals surface area contributed by atoms with E-state index in [0.29, 0.717) is 21.4 Å². The summed E-state index contributed by atoms with van der Waals surface area (Å²) in [7, 11) is 0. The van der Waals surface area contributed by atoms with Crippen molar-refractivity contribution in [3.8, 4) is 5.69 Å².